The zero-order chi connectivity index (χ0) is 20.5. The van der Waals surface area contributed by atoms with Crippen molar-refractivity contribution in [2.24, 2.45) is 17.1 Å². The van der Waals surface area contributed by atoms with E-state index in [4.69, 9.17) is 10.5 Å². The maximum Gasteiger partial charge on any atom is 0.251 e. The molecule has 2 aromatic rings. The number of carbonyl (C=O) groups is 2. The highest BCUT2D eigenvalue weighted by atomic mass is 32.1. The number of benzene rings is 1. The van der Waals surface area contributed by atoms with E-state index < -0.39 is 5.91 Å². The zero-order valence-electron chi connectivity index (χ0n) is 16.9. The predicted molar refractivity (Wildman–Crippen MR) is 113 cm³/mol. The third kappa shape index (κ3) is 4.38. The maximum absolute atomic E-state index is 12.6. The fourth-order valence-electron chi connectivity index (χ4n) is 3.77. The van der Waals surface area contributed by atoms with Gasteiger partial charge in [-0.1, -0.05) is 32.9 Å². The van der Waals surface area contributed by atoms with Crippen molar-refractivity contribution < 1.29 is 14.3 Å². The average Bonchev–Trinajstić information content (AvgIpc) is 2.98. The van der Waals surface area contributed by atoms with Gasteiger partial charge in [0.25, 0.3) is 5.91 Å². The third-order valence-corrected chi connectivity index (χ3v) is 6.68. The van der Waals surface area contributed by atoms with Crippen LogP contribution in [0.3, 0.4) is 0 Å². The number of ether oxygens (including phenoxy) is 1. The first-order valence-corrected chi connectivity index (χ1v) is 10.4. The van der Waals surface area contributed by atoms with Crippen LogP contribution in [0.25, 0.3) is 0 Å². The molecule has 0 aliphatic heterocycles. The lowest BCUT2D eigenvalue weighted by Crippen LogP contribution is -2.27. The summed E-state index contributed by atoms with van der Waals surface area (Å²) in [6.45, 7) is 6.76. The SMILES string of the molecule is COc1ccc(CC(=O)Nc2sc3c(c2C(N)=O)CCC(C(C)(C)C)C3)cc1. The van der Waals surface area contributed by atoms with E-state index in [1.165, 1.54) is 16.2 Å². The first-order valence-electron chi connectivity index (χ1n) is 9.56. The average molecular weight is 401 g/mol. The van der Waals surface area contributed by atoms with Gasteiger partial charge in [0.15, 0.2) is 0 Å². The van der Waals surface area contributed by atoms with E-state index in [9.17, 15) is 9.59 Å². The molecule has 1 unspecified atom stereocenters. The van der Waals surface area contributed by atoms with Crippen molar-refractivity contribution in [2.45, 2.75) is 46.5 Å². The van der Waals surface area contributed by atoms with E-state index in [-0.39, 0.29) is 17.7 Å². The van der Waals surface area contributed by atoms with Gasteiger partial charge in [-0.3, -0.25) is 9.59 Å². The lowest BCUT2D eigenvalue weighted by molar-refractivity contribution is -0.115. The second kappa shape index (κ2) is 7.95. The first-order chi connectivity index (χ1) is 13.2. The van der Waals surface area contributed by atoms with E-state index in [0.717, 1.165) is 36.1 Å². The molecule has 1 aromatic carbocycles. The number of nitrogens with two attached hydrogens (primary N) is 1. The minimum atomic E-state index is -0.466. The molecular formula is C22H28N2O3S. The molecule has 1 atom stereocenters. The Labute approximate surface area is 170 Å². The second-order valence-electron chi connectivity index (χ2n) is 8.45. The molecule has 0 bridgehead atoms. The molecule has 3 rings (SSSR count). The van der Waals surface area contributed by atoms with Gasteiger partial charge in [-0.25, -0.2) is 0 Å². The summed E-state index contributed by atoms with van der Waals surface area (Å²) in [5.41, 5.74) is 8.28. The molecule has 150 valence electrons. The molecule has 28 heavy (non-hydrogen) atoms. The molecule has 0 radical (unpaired) electrons. The van der Waals surface area contributed by atoms with Crippen molar-refractivity contribution in [3.63, 3.8) is 0 Å². The quantitative estimate of drug-likeness (QED) is 0.790. The van der Waals surface area contributed by atoms with Crippen LogP contribution in [0.2, 0.25) is 0 Å². The van der Waals surface area contributed by atoms with Crippen molar-refractivity contribution >= 4 is 28.2 Å². The Bertz CT molecular complexity index is 878. The highest BCUT2D eigenvalue weighted by Gasteiger charge is 2.33. The minimum absolute atomic E-state index is 0.154. The largest absolute Gasteiger partial charge is 0.497 e. The summed E-state index contributed by atoms with van der Waals surface area (Å²) in [4.78, 5) is 25.8. The normalized spacial score (nSPS) is 16.4. The van der Waals surface area contributed by atoms with E-state index in [1.54, 1.807) is 7.11 Å². The Morgan fingerprint density at radius 2 is 1.93 bits per heavy atom. The van der Waals surface area contributed by atoms with Gasteiger partial charge in [-0.05, 0) is 53.9 Å². The van der Waals surface area contributed by atoms with Crippen molar-refractivity contribution in [1.82, 2.24) is 0 Å². The number of amides is 2. The molecule has 5 nitrogen and oxygen atoms in total. The highest BCUT2D eigenvalue weighted by molar-refractivity contribution is 7.17. The molecular weight excluding hydrogens is 372 g/mol. The van der Waals surface area contributed by atoms with E-state index in [1.807, 2.05) is 24.3 Å². The van der Waals surface area contributed by atoms with Crippen molar-refractivity contribution in [1.29, 1.82) is 0 Å². The molecule has 0 saturated heterocycles. The number of primary amides is 1. The Balaban J connectivity index is 1.79. The summed E-state index contributed by atoms with van der Waals surface area (Å²) in [5, 5.41) is 3.52. The number of hydrogen-bond acceptors (Lipinski definition) is 4. The first kappa shape index (κ1) is 20.4. The van der Waals surface area contributed by atoms with Crippen molar-refractivity contribution in [3.8, 4) is 5.75 Å². The number of methoxy groups -OCH3 is 1. The summed E-state index contributed by atoms with van der Waals surface area (Å²) in [7, 11) is 1.61. The number of rotatable bonds is 5. The molecule has 0 spiro atoms. The topological polar surface area (TPSA) is 81.4 Å². The van der Waals surface area contributed by atoms with Crippen molar-refractivity contribution in [2.75, 3.05) is 12.4 Å². The maximum atomic E-state index is 12.6. The molecule has 3 N–H and O–H groups in total. The summed E-state index contributed by atoms with van der Waals surface area (Å²) >= 11 is 1.50. The van der Waals surface area contributed by atoms with Crippen LogP contribution < -0.4 is 15.8 Å². The number of nitrogens with one attached hydrogen (secondary N) is 1. The van der Waals surface area contributed by atoms with Gasteiger partial charge >= 0.3 is 0 Å². The predicted octanol–water partition coefficient (Wildman–Crippen LogP) is 4.19. The van der Waals surface area contributed by atoms with Crippen LogP contribution in [0, 0.1) is 11.3 Å². The Morgan fingerprint density at radius 1 is 1.25 bits per heavy atom. The van der Waals surface area contributed by atoms with E-state index in [2.05, 4.69) is 26.1 Å². The number of anilines is 1. The monoisotopic (exact) mass is 400 g/mol. The summed E-state index contributed by atoms with van der Waals surface area (Å²) in [6.07, 6.45) is 3.03. The van der Waals surface area contributed by atoms with Gasteiger partial charge in [0, 0.05) is 4.88 Å². The van der Waals surface area contributed by atoms with Crippen LogP contribution in [0.15, 0.2) is 24.3 Å². The molecule has 1 aromatic heterocycles. The number of fused-ring (bicyclic) bond motifs is 1. The van der Waals surface area contributed by atoms with Gasteiger partial charge in [-0.2, -0.15) is 0 Å². The summed E-state index contributed by atoms with van der Waals surface area (Å²) in [6, 6.07) is 7.38. The van der Waals surface area contributed by atoms with Crippen molar-refractivity contribution in [3.05, 3.63) is 45.8 Å². The van der Waals surface area contributed by atoms with Gasteiger partial charge in [-0.15, -0.1) is 11.3 Å². The van der Waals surface area contributed by atoms with Crippen LogP contribution in [-0.2, 0) is 24.1 Å². The van der Waals surface area contributed by atoms with Crippen LogP contribution in [-0.4, -0.2) is 18.9 Å². The molecule has 1 aliphatic rings. The smallest absolute Gasteiger partial charge is 0.251 e. The van der Waals surface area contributed by atoms with Gasteiger partial charge in [0.2, 0.25) is 5.91 Å². The van der Waals surface area contributed by atoms with Crippen LogP contribution in [0.5, 0.6) is 5.75 Å². The van der Waals surface area contributed by atoms with E-state index >= 15 is 0 Å². The Morgan fingerprint density at radius 3 is 2.50 bits per heavy atom. The minimum Gasteiger partial charge on any atom is -0.497 e. The van der Waals surface area contributed by atoms with Crippen LogP contribution >= 0.6 is 11.3 Å². The fraction of sp³-hybridized carbons (Fsp3) is 0.455. The standard InChI is InChI=1S/C22H28N2O3S/c1-22(2,3)14-7-10-16-17(12-14)28-21(19(16)20(23)26)24-18(25)11-13-5-8-15(27-4)9-6-13/h5-6,8-9,14H,7,10-12H2,1-4H3,(H2,23,26)(H,24,25). The zero-order valence-corrected chi connectivity index (χ0v) is 17.7. The fourth-order valence-corrected chi connectivity index (χ4v) is 5.12. The highest BCUT2D eigenvalue weighted by Crippen LogP contribution is 2.44. The second-order valence-corrected chi connectivity index (χ2v) is 9.56. The Kier molecular flexibility index (Phi) is 5.79. The number of carbonyl (C=O) groups excluding carboxylic acids is 2. The number of thiophene rings is 1. The van der Waals surface area contributed by atoms with Crippen LogP contribution in [0.4, 0.5) is 5.00 Å². The Hall–Kier alpha value is -2.34. The number of hydrogen-bond donors (Lipinski definition) is 2. The van der Waals surface area contributed by atoms with Gasteiger partial charge < -0.3 is 15.8 Å². The molecule has 1 heterocycles. The molecule has 0 fully saturated rings. The molecule has 1 aliphatic carbocycles. The van der Waals surface area contributed by atoms with Gasteiger partial charge in [0.1, 0.15) is 10.8 Å². The third-order valence-electron chi connectivity index (χ3n) is 5.51. The molecule has 2 amide bonds. The summed E-state index contributed by atoms with van der Waals surface area (Å²) < 4.78 is 5.14. The van der Waals surface area contributed by atoms with E-state index in [0.29, 0.717) is 16.5 Å². The lowest BCUT2D eigenvalue weighted by atomic mass is 9.72. The lowest BCUT2D eigenvalue weighted by Gasteiger charge is -2.33. The molecule has 0 saturated carbocycles. The van der Waals surface area contributed by atoms with Gasteiger partial charge in [0.05, 0.1) is 19.1 Å². The van der Waals surface area contributed by atoms with Crippen LogP contribution in [0.1, 0.15) is 53.6 Å². The molecule has 6 heteroatoms. The summed E-state index contributed by atoms with van der Waals surface area (Å²) in [5.74, 6) is 0.687.